The fourth-order valence-electron chi connectivity index (χ4n) is 4.16. The maximum Gasteiger partial charge on any atom is 0.171 e. The summed E-state index contributed by atoms with van der Waals surface area (Å²) in [7, 11) is 0. The highest BCUT2D eigenvalue weighted by Gasteiger charge is 2.23. The summed E-state index contributed by atoms with van der Waals surface area (Å²) < 4.78 is 25.7. The number of aryl methyl sites for hydroxylation is 2. The SMILES string of the molecule is Cc1ccc2c3c(ccc2n1)OC[C@H](CNCCCCc1c[nH]c2ccc(F)cc12)O3. The van der Waals surface area contributed by atoms with Gasteiger partial charge >= 0.3 is 0 Å². The van der Waals surface area contributed by atoms with Crippen molar-refractivity contribution in [1.82, 2.24) is 15.3 Å². The summed E-state index contributed by atoms with van der Waals surface area (Å²) in [5.74, 6) is 1.38. The fraction of sp³-hybridized carbons (Fsp3) is 0.320. The lowest BCUT2D eigenvalue weighted by atomic mass is 10.1. The van der Waals surface area contributed by atoms with Gasteiger partial charge in [-0.15, -0.1) is 0 Å². The Balaban J connectivity index is 1.11. The van der Waals surface area contributed by atoms with Gasteiger partial charge in [0.05, 0.1) is 5.52 Å². The molecule has 31 heavy (non-hydrogen) atoms. The monoisotopic (exact) mass is 419 g/mol. The highest BCUT2D eigenvalue weighted by molar-refractivity contribution is 5.88. The second kappa shape index (κ2) is 8.55. The summed E-state index contributed by atoms with van der Waals surface area (Å²) in [4.78, 5) is 7.79. The predicted molar refractivity (Wildman–Crippen MR) is 120 cm³/mol. The van der Waals surface area contributed by atoms with Crippen LogP contribution in [0.3, 0.4) is 0 Å². The number of fused-ring (bicyclic) bond motifs is 4. The summed E-state index contributed by atoms with van der Waals surface area (Å²) in [6.45, 7) is 4.15. The van der Waals surface area contributed by atoms with Crippen LogP contribution in [0.2, 0.25) is 0 Å². The van der Waals surface area contributed by atoms with Crippen LogP contribution in [0.25, 0.3) is 21.8 Å². The molecule has 0 radical (unpaired) electrons. The maximum atomic E-state index is 13.5. The van der Waals surface area contributed by atoms with Crippen LogP contribution in [-0.4, -0.2) is 35.8 Å². The number of aromatic amines is 1. The molecule has 0 amide bonds. The molecule has 0 aliphatic carbocycles. The first kappa shape index (κ1) is 19.8. The summed E-state index contributed by atoms with van der Waals surface area (Å²) in [6, 6.07) is 12.8. The van der Waals surface area contributed by atoms with E-state index in [1.165, 1.54) is 11.6 Å². The number of H-pyrrole nitrogens is 1. The Hall–Kier alpha value is -3.12. The van der Waals surface area contributed by atoms with Gasteiger partial charge in [-0.3, -0.25) is 4.98 Å². The van der Waals surface area contributed by atoms with Crippen molar-refractivity contribution in [1.29, 1.82) is 0 Å². The lowest BCUT2D eigenvalue weighted by Crippen LogP contribution is -2.38. The molecule has 1 aliphatic heterocycles. The Morgan fingerprint density at radius 2 is 2.06 bits per heavy atom. The summed E-state index contributed by atoms with van der Waals surface area (Å²) in [5.41, 5.74) is 4.07. The van der Waals surface area contributed by atoms with Crippen LogP contribution < -0.4 is 14.8 Å². The Morgan fingerprint density at radius 1 is 1.13 bits per heavy atom. The van der Waals surface area contributed by atoms with E-state index in [1.807, 2.05) is 37.4 Å². The Morgan fingerprint density at radius 3 is 3.00 bits per heavy atom. The van der Waals surface area contributed by atoms with Crippen LogP contribution in [-0.2, 0) is 6.42 Å². The first-order valence-electron chi connectivity index (χ1n) is 10.8. The van der Waals surface area contributed by atoms with E-state index in [1.54, 1.807) is 12.1 Å². The van der Waals surface area contributed by atoms with Gasteiger partial charge in [-0.05, 0) is 80.8 Å². The molecule has 2 N–H and O–H groups in total. The molecule has 5 nitrogen and oxygen atoms in total. The number of hydrogen-bond acceptors (Lipinski definition) is 4. The van der Waals surface area contributed by atoms with E-state index >= 15 is 0 Å². The molecule has 0 fully saturated rings. The number of ether oxygens (including phenoxy) is 2. The molecule has 0 saturated heterocycles. The van der Waals surface area contributed by atoms with Crippen LogP contribution in [0.1, 0.15) is 24.1 Å². The van der Waals surface area contributed by atoms with Crippen molar-refractivity contribution in [3.05, 3.63) is 65.7 Å². The predicted octanol–water partition coefficient (Wildman–Crippen LogP) is 4.92. The third kappa shape index (κ3) is 4.21. The smallest absolute Gasteiger partial charge is 0.171 e. The molecule has 3 heterocycles. The number of halogens is 1. The molecule has 5 rings (SSSR count). The quantitative estimate of drug-likeness (QED) is 0.418. The van der Waals surface area contributed by atoms with E-state index < -0.39 is 0 Å². The van der Waals surface area contributed by atoms with Gasteiger partial charge in [-0.2, -0.15) is 0 Å². The standard InChI is InChI=1S/C25H26FN3O2/c1-16-5-7-20-23(29-16)9-10-24-25(20)31-19(15-30-24)14-27-11-3-2-4-17-13-28-22-8-6-18(26)12-21(17)22/h5-10,12-13,19,27-28H,2-4,11,14-15H2,1H3/t19-/m0/s1. The number of benzene rings is 2. The van der Waals surface area contributed by atoms with Crippen molar-refractivity contribution in [2.75, 3.05) is 19.7 Å². The number of nitrogens with one attached hydrogen (secondary N) is 2. The molecule has 2 aromatic heterocycles. The fourth-order valence-corrected chi connectivity index (χ4v) is 4.16. The van der Waals surface area contributed by atoms with Crippen LogP contribution in [0, 0.1) is 12.7 Å². The molecule has 0 unspecified atom stereocenters. The van der Waals surface area contributed by atoms with E-state index in [9.17, 15) is 4.39 Å². The molecule has 1 atom stereocenters. The number of nitrogens with zero attached hydrogens (tertiary/aromatic N) is 1. The topological polar surface area (TPSA) is 59.2 Å². The third-order valence-electron chi connectivity index (χ3n) is 5.79. The Kier molecular flexibility index (Phi) is 5.47. The lowest BCUT2D eigenvalue weighted by molar-refractivity contribution is 0.0925. The molecular formula is C25H26FN3O2. The minimum Gasteiger partial charge on any atom is -0.486 e. The average molecular weight is 420 g/mol. The lowest BCUT2D eigenvalue weighted by Gasteiger charge is -2.27. The van der Waals surface area contributed by atoms with Gasteiger partial charge in [0.1, 0.15) is 18.5 Å². The number of pyridine rings is 1. The van der Waals surface area contributed by atoms with Gasteiger partial charge in [-0.1, -0.05) is 0 Å². The molecule has 2 aromatic carbocycles. The van der Waals surface area contributed by atoms with Gasteiger partial charge < -0.3 is 19.8 Å². The van der Waals surface area contributed by atoms with Gasteiger partial charge in [-0.25, -0.2) is 4.39 Å². The summed E-state index contributed by atoms with van der Waals surface area (Å²) >= 11 is 0. The molecule has 4 aromatic rings. The Bertz CT molecular complexity index is 1220. The average Bonchev–Trinajstić information content (AvgIpc) is 3.17. The van der Waals surface area contributed by atoms with E-state index in [0.717, 1.165) is 71.4 Å². The Labute approximate surface area is 180 Å². The molecule has 0 spiro atoms. The van der Waals surface area contributed by atoms with Gasteiger partial charge in [0, 0.05) is 34.7 Å². The van der Waals surface area contributed by atoms with Crippen LogP contribution in [0.4, 0.5) is 4.39 Å². The third-order valence-corrected chi connectivity index (χ3v) is 5.79. The van der Waals surface area contributed by atoms with E-state index in [-0.39, 0.29) is 11.9 Å². The first-order valence-corrected chi connectivity index (χ1v) is 10.8. The normalized spacial score (nSPS) is 15.6. The van der Waals surface area contributed by atoms with Crippen LogP contribution in [0.5, 0.6) is 11.5 Å². The minimum atomic E-state index is -0.190. The van der Waals surface area contributed by atoms with Crippen molar-refractivity contribution >= 4 is 21.8 Å². The molecule has 160 valence electrons. The number of hydrogen-bond donors (Lipinski definition) is 2. The summed E-state index contributed by atoms with van der Waals surface area (Å²) in [6.07, 6.45) is 4.97. The van der Waals surface area contributed by atoms with Crippen LogP contribution in [0.15, 0.2) is 48.7 Å². The zero-order valence-corrected chi connectivity index (χ0v) is 17.6. The molecule has 1 aliphatic rings. The van der Waals surface area contributed by atoms with Crippen molar-refractivity contribution in [3.8, 4) is 11.5 Å². The number of unbranched alkanes of at least 4 members (excludes halogenated alkanes) is 1. The second-order valence-electron chi connectivity index (χ2n) is 8.13. The highest BCUT2D eigenvalue weighted by atomic mass is 19.1. The first-order chi connectivity index (χ1) is 15.2. The number of rotatable bonds is 7. The van der Waals surface area contributed by atoms with Gasteiger partial charge in [0.25, 0.3) is 0 Å². The molecular weight excluding hydrogens is 393 g/mol. The van der Waals surface area contributed by atoms with E-state index in [0.29, 0.717) is 6.61 Å². The van der Waals surface area contributed by atoms with Crippen molar-refractivity contribution in [3.63, 3.8) is 0 Å². The molecule has 6 heteroatoms. The molecule has 0 bridgehead atoms. The zero-order chi connectivity index (χ0) is 21.2. The summed E-state index contributed by atoms with van der Waals surface area (Å²) in [5, 5.41) is 5.45. The van der Waals surface area contributed by atoms with E-state index in [2.05, 4.69) is 15.3 Å². The van der Waals surface area contributed by atoms with Gasteiger partial charge in [0.2, 0.25) is 0 Å². The molecule has 0 saturated carbocycles. The highest BCUT2D eigenvalue weighted by Crippen LogP contribution is 2.38. The number of aromatic nitrogens is 2. The van der Waals surface area contributed by atoms with Crippen LogP contribution >= 0.6 is 0 Å². The van der Waals surface area contributed by atoms with Crippen molar-refractivity contribution in [2.24, 2.45) is 0 Å². The second-order valence-corrected chi connectivity index (χ2v) is 8.13. The van der Waals surface area contributed by atoms with Crippen molar-refractivity contribution < 1.29 is 13.9 Å². The maximum absolute atomic E-state index is 13.5. The zero-order valence-electron chi connectivity index (χ0n) is 17.6. The van der Waals surface area contributed by atoms with Gasteiger partial charge in [0.15, 0.2) is 11.5 Å². The van der Waals surface area contributed by atoms with E-state index in [4.69, 9.17) is 9.47 Å². The minimum absolute atomic E-state index is 0.0315. The van der Waals surface area contributed by atoms with Crippen molar-refractivity contribution in [2.45, 2.75) is 32.3 Å². The largest absolute Gasteiger partial charge is 0.486 e.